The Bertz CT molecular complexity index is 837. The van der Waals surface area contributed by atoms with Gasteiger partial charge in [-0.3, -0.25) is 4.99 Å². The molecule has 0 spiro atoms. The lowest BCUT2D eigenvalue weighted by Gasteiger charge is -2.13. The maximum absolute atomic E-state index is 12.2. The first-order valence-corrected chi connectivity index (χ1v) is 9.72. The van der Waals surface area contributed by atoms with Crippen molar-refractivity contribution in [3.63, 3.8) is 0 Å². The minimum Gasteiger partial charge on any atom is -0.484 e. The molecule has 1 aliphatic rings. The molecule has 2 aromatic rings. The van der Waals surface area contributed by atoms with Crippen LogP contribution in [-0.4, -0.2) is 37.4 Å². The zero-order valence-corrected chi connectivity index (χ0v) is 16.7. The molecule has 1 aromatic carbocycles. The van der Waals surface area contributed by atoms with Crippen LogP contribution in [-0.2, 0) is 13.1 Å². The van der Waals surface area contributed by atoms with Crippen LogP contribution in [0.15, 0.2) is 47.6 Å². The zero-order valence-electron chi connectivity index (χ0n) is 16.7. The summed E-state index contributed by atoms with van der Waals surface area (Å²) >= 11 is 0. The maximum Gasteiger partial charge on any atom is 0.422 e. The number of halogens is 3. The maximum atomic E-state index is 12.2. The number of nitrogens with zero attached hydrogens (tertiary/aromatic N) is 2. The Balaban J connectivity index is 1.42. The summed E-state index contributed by atoms with van der Waals surface area (Å²) < 4.78 is 47.0. The number of benzene rings is 1. The van der Waals surface area contributed by atoms with Gasteiger partial charge in [-0.1, -0.05) is 12.1 Å². The Kier molecular flexibility index (Phi) is 7.37. The molecule has 1 aromatic heterocycles. The highest BCUT2D eigenvalue weighted by molar-refractivity contribution is 5.79. The van der Waals surface area contributed by atoms with Gasteiger partial charge in [-0.2, -0.15) is 13.2 Å². The quantitative estimate of drug-likeness (QED) is 0.477. The number of rotatable bonds is 9. The van der Waals surface area contributed by atoms with Gasteiger partial charge in [-0.25, -0.2) is 4.98 Å². The Labute approximate surface area is 173 Å². The van der Waals surface area contributed by atoms with Gasteiger partial charge in [0.1, 0.15) is 5.75 Å². The van der Waals surface area contributed by atoms with E-state index in [1.54, 1.807) is 25.4 Å². The van der Waals surface area contributed by atoms with Gasteiger partial charge in [0.2, 0.25) is 5.88 Å². The number of aromatic nitrogens is 1. The fourth-order valence-electron chi connectivity index (χ4n) is 2.59. The number of hydrogen-bond donors (Lipinski definition) is 2. The predicted molar refractivity (Wildman–Crippen MR) is 107 cm³/mol. The van der Waals surface area contributed by atoms with Crippen molar-refractivity contribution in [2.24, 2.45) is 10.9 Å². The van der Waals surface area contributed by atoms with E-state index in [0.717, 1.165) is 11.1 Å². The number of hydrogen-bond acceptors (Lipinski definition) is 4. The van der Waals surface area contributed by atoms with Gasteiger partial charge >= 0.3 is 6.18 Å². The standard InChI is InChI=1S/C21H25F3N4O2/c1-25-20(27-11-15-4-6-18(7-5-15)30-14-21(22,23)24)28-12-17-8-9-26-19(10-17)29-13-16-2-3-16/h4-10,16H,2-3,11-14H2,1H3,(H2,25,27,28). The van der Waals surface area contributed by atoms with Crippen LogP contribution in [0.2, 0.25) is 0 Å². The Morgan fingerprint density at radius 1 is 1.07 bits per heavy atom. The summed E-state index contributed by atoms with van der Waals surface area (Å²) in [5.74, 6) is 2.07. The summed E-state index contributed by atoms with van der Waals surface area (Å²) in [4.78, 5) is 8.41. The van der Waals surface area contributed by atoms with Crippen LogP contribution in [0.5, 0.6) is 11.6 Å². The molecule has 1 aliphatic carbocycles. The molecule has 0 bridgehead atoms. The molecular formula is C21H25F3N4O2. The average molecular weight is 422 g/mol. The number of nitrogens with one attached hydrogen (secondary N) is 2. The fraction of sp³-hybridized carbons (Fsp3) is 0.429. The van der Waals surface area contributed by atoms with Gasteiger partial charge in [-0.05, 0) is 48.1 Å². The third kappa shape index (κ3) is 7.81. The second-order valence-corrected chi connectivity index (χ2v) is 7.08. The number of guanidine groups is 1. The summed E-state index contributed by atoms with van der Waals surface area (Å²) in [5.41, 5.74) is 1.90. The second-order valence-electron chi connectivity index (χ2n) is 7.08. The molecule has 0 saturated heterocycles. The third-order valence-corrected chi connectivity index (χ3v) is 4.43. The van der Waals surface area contributed by atoms with Crippen LogP contribution >= 0.6 is 0 Å². The van der Waals surface area contributed by atoms with Crippen LogP contribution in [0.3, 0.4) is 0 Å². The van der Waals surface area contributed by atoms with Crippen molar-refractivity contribution in [3.05, 3.63) is 53.7 Å². The van der Waals surface area contributed by atoms with Crippen molar-refractivity contribution >= 4 is 5.96 Å². The summed E-state index contributed by atoms with van der Waals surface area (Å²) in [6, 6.07) is 10.3. The summed E-state index contributed by atoms with van der Waals surface area (Å²) in [6.45, 7) is 0.425. The van der Waals surface area contributed by atoms with Crippen LogP contribution in [0, 0.1) is 5.92 Å². The Morgan fingerprint density at radius 2 is 1.77 bits per heavy atom. The minimum absolute atomic E-state index is 0.177. The lowest BCUT2D eigenvalue weighted by molar-refractivity contribution is -0.153. The van der Waals surface area contributed by atoms with Crippen molar-refractivity contribution < 1.29 is 22.6 Å². The van der Waals surface area contributed by atoms with Crippen molar-refractivity contribution in [1.29, 1.82) is 0 Å². The van der Waals surface area contributed by atoms with E-state index < -0.39 is 12.8 Å². The van der Waals surface area contributed by atoms with Crippen molar-refractivity contribution in [3.8, 4) is 11.6 Å². The summed E-state index contributed by atoms with van der Waals surface area (Å²) in [5, 5.41) is 6.38. The Morgan fingerprint density at radius 3 is 2.40 bits per heavy atom. The van der Waals surface area contributed by atoms with Crippen LogP contribution < -0.4 is 20.1 Å². The molecule has 0 aliphatic heterocycles. The van der Waals surface area contributed by atoms with Gasteiger partial charge in [0.15, 0.2) is 12.6 Å². The highest BCUT2D eigenvalue weighted by Gasteiger charge is 2.28. The lowest BCUT2D eigenvalue weighted by Crippen LogP contribution is -2.36. The number of aliphatic imine (C=N–C) groups is 1. The lowest BCUT2D eigenvalue weighted by atomic mass is 10.2. The van der Waals surface area contributed by atoms with E-state index in [1.165, 1.54) is 25.0 Å². The van der Waals surface area contributed by atoms with Gasteiger partial charge in [0, 0.05) is 32.4 Å². The molecule has 2 N–H and O–H groups in total. The summed E-state index contributed by atoms with van der Waals surface area (Å²) in [6.07, 6.45) is -0.172. The van der Waals surface area contributed by atoms with Crippen LogP contribution in [0.25, 0.3) is 0 Å². The van der Waals surface area contributed by atoms with Gasteiger partial charge in [0.25, 0.3) is 0 Å². The molecule has 0 radical (unpaired) electrons. The molecule has 3 rings (SSSR count). The van der Waals surface area contributed by atoms with Gasteiger partial charge < -0.3 is 20.1 Å². The van der Waals surface area contributed by atoms with Crippen molar-refractivity contribution in [1.82, 2.24) is 15.6 Å². The normalized spacial score (nSPS) is 14.3. The first kappa shape index (κ1) is 21.7. The molecule has 1 fully saturated rings. The molecule has 0 unspecified atom stereocenters. The monoisotopic (exact) mass is 422 g/mol. The smallest absolute Gasteiger partial charge is 0.422 e. The van der Waals surface area contributed by atoms with Gasteiger partial charge in [-0.15, -0.1) is 0 Å². The molecule has 30 heavy (non-hydrogen) atoms. The van der Waals surface area contributed by atoms with E-state index in [1.807, 2.05) is 12.1 Å². The predicted octanol–water partition coefficient (Wildman–Crippen LogP) is 3.68. The van der Waals surface area contributed by atoms with E-state index in [4.69, 9.17) is 9.47 Å². The summed E-state index contributed by atoms with van der Waals surface area (Å²) in [7, 11) is 1.67. The number of alkyl halides is 3. The van der Waals surface area contributed by atoms with Gasteiger partial charge in [0.05, 0.1) is 6.61 Å². The molecule has 1 saturated carbocycles. The molecule has 9 heteroatoms. The largest absolute Gasteiger partial charge is 0.484 e. The molecule has 0 amide bonds. The van der Waals surface area contributed by atoms with E-state index >= 15 is 0 Å². The molecule has 0 atom stereocenters. The highest BCUT2D eigenvalue weighted by atomic mass is 19.4. The topological polar surface area (TPSA) is 67.8 Å². The average Bonchev–Trinajstić information content (AvgIpc) is 3.56. The Hall–Kier alpha value is -2.97. The van der Waals surface area contributed by atoms with Crippen LogP contribution in [0.1, 0.15) is 24.0 Å². The van der Waals surface area contributed by atoms with Crippen molar-refractivity contribution in [2.45, 2.75) is 32.1 Å². The SMILES string of the molecule is CN=C(NCc1ccc(OCC(F)(F)F)cc1)NCc1ccnc(OCC2CC2)c1. The fourth-order valence-corrected chi connectivity index (χ4v) is 2.59. The number of ether oxygens (including phenoxy) is 2. The molecular weight excluding hydrogens is 397 g/mol. The third-order valence-electron chi connectivity index (χ3n) is 4.43. The zero-order chi connectivity index (χ0) is 21.4. The highest BCUT2D eigenvalue weighted by Crippen LogP contribution is 2.29. The number of pyridine rings is 1. The van der Waals surface area contributed by atoms with E-state index in [9.17, 15) is 13.2 Å². The molecule has 162 valence electrons. The van der Waals surface area contributed by atoms with E-state index in [0.29, 0.717) is 37.5 Å². The molecule has 1 heterocycles. The van der Waals surface area contributed by atoms with Crippen molar-refractivity contribution in [2.75, 3.05) is 20.3 Å². The van der Waals surface area contributed by atoms with E-state index in [2.05, 4.69) is 20.6 Å². The minimum atomic E-state index is -4.35. The van der Waals surface area contributed by atoms with Crippen LogP contribution in [0.4, 0.5) is 13.2 Å². The second kappa shape index (κ2) is 10.2. The van der Waals surface area contributed by atoms with E-state index in [-0.39, 0.29) is 5.75 Å². The molecule has 6 nitrogen and oxygen atoms in total. The first-order valence-electron chi connectivity index (χ1n) is 9.72. The first-order chi connectivity index (χ1) is 14.4.